The Balaban J connectivity index is 1.96. The number of carbonyl (C=O) groups is 2. The number of hydrogen-bond donors (Lipinski definition) is 0. The van der Waals surface area contributed by atoms with E-state index in [2.05, 4.69) is 10.1 Å². The summed E-state index contributed by atoms with van der Waals surface area (Å²) in [4.78, 5) is 30.8. The van der Waals surface area contributed by atoms with Crippen molar-refractivity contribution in [2.45, 2.75) is 32.6 Å². The summed E-state index contributed by atoms with van der Waals surface area (Å²) in [5, 5.41) is 3.79. The lowest BCUT2D eigenvalue weighted by atomic mass is 9.98. The number of hydrogen-bond acceptors (Lipinski definition) is 5. The molecule has 20 heavy (non-hydrogen) atoms. The molecule has 0 bridgehead atoms. The fraction of sp³-hybridized carbons (Fsp3) is 0.692. The van der Waals surface area contributed by atoms with E-state index in [1.807, 2.05) is 0 Å². The van der Waals surface area contributed by atoms with Crippen molar-refractivity contribution in [1.82, 2.24) is 19.9 Å². The molecule has 2 amide bonds. The Morgan fingerprint density at radius 1 is 1.50 bits per heavy atom. The quantitative estimate of drug-likeness (QED) is 0.808. The highest BCUT2D eigenvalue weighted by Crippen LogP contribution is 2.25. The van der Waals surface area contributed by atoms with Gasteiger partial charge in [-0.1, -0.05) is 5.16 Å². The molecule has 1 saturated heterocycles. The molecule has 1 fully saturated rings. The van der Waals surface area contributed by atoms with Gasteiger partial charge in [0.2, 0.25) is 17.7 Å². The number of aromatic nitrogens is 2. The lowest BCUT2D eigenvalue weighted by Crippen LogP contribution is -2.44. The van der Waals surface area contributed by atoms with Crippen molar-refractivity contribution in [2.75, 3.05) is 26.7 Å². The Hall–Kier alpha value is -1.92. The third-order valence-corrected chi connectivity index (χ3v) is 3.58. The summed E-state index contributed by atoms with van der Waals surface area (Å²) in [6, 6.07) is 0. The van der Waals surface area contributed by atoms with E-state index >= 15 is 0 Å². The fourth-order valence-corrected chi connectivity index (χ4v) is 2.30. The highest BCUT2D eigenvalue weighted by molar-refractivity contribution is 5.83. The molecule has 0 radical (unpaired) electrons. The van der Waals surface area contributed by atoms with Crippen LogP contribution in [0.2, 0.25) is 0 Å². The molecule has 1 aromatic heterocycles. The zero-order chi connectivity index (χ0) is 14.7. The maximum Gasteiger partial charge on any atom is 0.242 e. The fourth-order valence-electron chi connectivity index (χ4n) is 2.30. The summed E-state index contributed by atoms with van der Waals surface area (Å²) in [5.74, 6) is 1.15. The highest BCUT2D eigenvalue weighted by Gasteiger charge is 2.28. The average molecular weight is 280 g/mol. The molecule has 7 nitrogen and oxygen atoms in total. The first-order chi connectivity index (χ1) is 9.47. The van der Waals surface area contributed by atoms with E-state index in [1.165, 1.54) is 11.8 Å². The van der Waals surface area contributed by atoms with Crippen LogP contribution in [-0.4, -0.2) is 58.4 Å². The second-order valence-corrected chi connectivity index (χ2v) is 5.23. The van der Waals surface area contributed by atoms with Gasteiger partial charge >= 0.3 is 0 Å². The standard InChI is InChI=1S/C13H20N4O3/c1-9-14-13(20-15-9)11-5-4-6-17(7-11)12(19)8-16(3)10(2)18/h11H,4-8H2,1-3H3. The molecule has 0 aliphatic carbocycles. The van der Waals surface area contributed by atoms with Crippen molar-refractivity contribution in [3.8, 4) is 0 Å². The maximum atomic E-state index is 12.2. The Morgan fingerprint density at radius 3 is 2.85 bits per heavy atom. The largest absolute Gasteiger partial charge is 0.340 e. The lowest BCUT2D eigenvalue weighted by Gasteiger charge is -2.32. The molecule has 110 valence electrons. The molecule has 2 heterocycles. The van der Waals surface area contributed by atoms with Crippen LogP contribution in [0.25, 0.3) is 0 Å². The third-order valence-electron chi connectivity index (χ3n) is 3.58. The normalized spacial score (nSPS) is 18.9. The molecular weight excluding hydrogens is 260 g/mol. The molecule has 2 rings (SSSR count). The summed E-state index contributed by atoms with van der Waals surface area (Å²) in [6.45, 7) is 4.64. The van der Waals surface area contributed by atoms with E-state index in [0.29, 0.717) is 24.8 Å². The van der Waals surface area contributed by atoms with Gasteiger partial charge in [-0.25, -0.2) is 0 Å². The molecule has 1 aliphatic heterocycles. The van der Waals surface area contributed by atoms with E-state index in [4.69, 9.17) is 4.52 Å². The zero-order valence-corrected chi connectivity index (χ0v) is 12.1. The van der Waals surface area contributed by atoms with Gasteiger partial charge in [-0.15, -0.1) is 0 Å². The summed E-state index contributed by atoms with van der Waals surface area (Å²) >= 11 is 0. The Labute approximate surface area is 117 Å². The summed E-state index contributed by atoms with van der Waals surface area (Å²) in [5.41, 5.74) is 0. The molecule has 7 heteroatoms. The first kappa shape index (κ1) is 14.5. The number of amides is 2. The van der Waals surface area contributed by atoms with Crippen LogP contribution in [0.3, 0.4) is 0 Å². The predicted molar refractivity (Wildman–Crippen MR) is 70.9 cm³/mol. The number of piperidine rings is 1. The molecule has 1 aromatic rings. The maximum absolute atomic E-state index is 12.2. The van der Waals surface area contributed by atoms with E-state index in [0.717, 1.165) is 12.8 Å². The van der Waals surface area contributed by atoms with Gasteiger partial charge in [-0.05, 0) is 19.8 Å². The van der Waals surface area contributed by atoms with Crippen LogP contribution in [0.4, 0.5) is 0 Å². The molecule has 1 aliphatic rings. The Bertz CT molecular complexity index is 500. The summed E-state index contributed by atoms with van der Waals surface area (Å²) in [6.07, 6.45) is 1.84. The van der Waals surface area contributed by atoms with Gasteiger partial charge < -0.3 is 14.3 Å². The van der Waals surface area contributed by atoms with Crippen molar-refractivity contribution < 1.29 is 14.1 Å². The zero-order valence-electron chi connectivity index (χ0n) is 12.1. The van der Waals surface area contributed by atoms with E-state index in [-0.39, 0.29) is 24.3 Å². The molecule has 0 spiro atoms. The first-order valence-corrected chi connectivity index (χ1v) is 6.77. The topological polar surface area (TPSA) is 79.5 Å². The van der Waals surface area contributed by atoms with Crippen molar-refractivity contribution in [1.29, 1.82) is 0 Å². The molecule has 0 saturated carbocycles. The molecular formula is C13H20N4O3. The molecule has 1 atom stereocenters. The number of likely N-dealkylation sites (tertiary alicyclic amines) is 1. The molecule has 0 N–H and O–H groups in total. The smallest absolute Gasteiger partial charge is 0.242 e. The second kappa shape index (κ2) is 6.02. The Morgan fingerprint density at radius 2 is 2.25 bits per heavy atom. The minimum Gasteiger partial charge on any atom is -0.340 e. The van der Waals surface area contributed by atoms with Crippen LogP contribution in [-0.2, 0) is 9.59 Å². The monoisotopic (exact) mass is 280 g/mol. The van der Waals surface area contributed by atoms with Crippen LogP contribution in [0.5, 0.6) is 0 Å². The van der Waals surface area contributed by atoms with Gasteiger partial charge in [-0.2, -0.15) is 4.98 Å². The number of nitrogens with zero attached hydrogens (tertiary/aromatic N) is 4. The van der Waals surface area contributed by atoms with Crippen LogP contribution in [0.15, 0.2) is 4.52 Å². The number of rotatable bonds is 3. The van der Waals surface area contributed by atoms with Gasteiger partial charge in [0.1, 0.15) is 0 Å². The minimum atomic E-state index is -0.112. The van der Waals surface area contributed by atoms with Crippen molar-refractivity contribution >= 4 is 11.8 Å². The van der Waals surface area contributed by atoms with E-state index in [9.17, 15) is 9.59 Å². The van der Waals surface area contributed by atoms with Gasteiger partial charge in [0.25, 0.3) is 0 Å². The number of carbonyl (C=O) groups excluding carboxylic acids is 2. The van der Waals surface area contributed by atoms with Gasteiger partial charge in [-0.3, -0.25) is 9.59 Å². The van der Waals surface area contributed by atoms with Crippen LogP contribution in [0, 0.1) is 6.92 Å². The van der Waals surface area contributed by atoms with Crippen LogP contribution in [0.1, 0.15) is 37.4 Å². The predicted octanol–water partition coefficient (Wildman–Crippen LogP) is 0.562. The second-order valence-electron chi connectivity index (χ2n) is 5.23. The highest BCUT2D eigenvalue weighted by atomic mass is 16.5. The minimum absolute atomic E-state index is 0.0383. The van der Waals surface area contributed by atoms with Crippen LogP contribution < -0.4 is 0 Å². The van der Waals surface area contributed by atoms with E-state index < -0.39 is 0 Å². The average Bonchev–Trinajstić information content (AvgIpc) is 2.85. The first-order valence-electron chi connectivity index (χ1n) is 6.77. The third kappa shape index (κ3) is 3.34. The van der Waals surface area contributed by atoms with Crippen molar-refractivity contribution in [3.63, 3.8) is 0 Å². The summed E-state index contributed by atoms with van der Waals surface area (Å²) < 4.78 is 5.19. The molecule has 0 aromatic carbocycles. The number of aryl methyl sites for hydroxylation is 1. The lowest BCUT2D eigenvalue weighted by molar-refractivity contribution is -0.139. The van der Waals surface area contributed by atoms with Crippen molar-refractivity contribution in [3.05, 3.63) is 11.7 Å². The molecule has 1 unspecified atom stereocenters. The van der Waals surface area contributed by atoms with Gasteiger partial charge in [0, 0.05) is 27.1 Å². The van der Waals surface area contributed by atoms with Gasteiger partial charge in [0.05, 0.1) is 12.5 Å². The Kier molecular flexibility index (Phi) is 4.36. The van der Waals surface area contributed by atoms with Crippen LogP contribution >= 0.6 is 0 Å². The summed E-state index contributed by atoms with van der Waals surface area (Å²) in [7, 11) is 1.63. The van der Waals surface area contributed by atoms with E-state index in [1.54, 1.807) is 18.9 Å². The van der Waals surface area contributed by atoms with Gasteiger partial charge in [0.15, 0.2) is 5.82 Å². The number of likely N-dealkylation sites (N-methyl/N-ethyl adjacent to an activating group) is 1. The SMILES string of the molecule is CC(=O)N(C)CC(=O)N1CCCC(c2nc(C)no2)C1. The van der Waals surface area contributed by atoms with Crippen molar-refractivity contribution in [2.24, 2.45) is 0 Å².